The van der Waals surface area contributed by atoms with Gasteiger partial charge in [-0.3, -0.25) is 14.6 Å². The molecule has 25 heavy (non-hydrogen) atoms. The Morgan fingerprint density at radius 2 is 2.12 bits per heavy atom. The van der Waals surface area contributed by atoms with E-state index < -0.39 is 5.54 Å². The highest BCUT2D eigenvalue weighted by atomic mass is 35.5. The SMILES string of the molecule is Cl.Cn1[nH]c(=O)c2c(-c3nc(C4(N)CCC4)no3)cc(C3CC3)nc21. The molecule has 3 N–H and O–H groups in total. The Hall–Kier alpha value is -2.19. The molecule has 2 saturated carbocycles. The molecule has 5 rings (SSSR count). The molecule has 9 heteroatoms. The molecule has 0 amide bonds. The lowest BCUT2D eigenvalue weighted by Gasteiger charge is -2.34. The van der Waals surface area contributed by atoms with Crippen molar-refractivity contribution in [3.05, 3.63) is 27.9 Å². The molecule has 0 unspecified atom stereocenters. The van der Waals surface area contributed by atoms with Crippen LogP contribution in [-0.2, 0) is 12.6 Å². The zero-order chi connectivity index (χ0) is 16.5. The maximum Gasteiger partial charge on any atom is 0.274 e. The van der Waals surface area contributed by atoms with E-state index in [0.29, 0.717) is 34.2 Å². The Morgan fingerprint density at radius 1 is 1.36 bits per heavy atom. The van der Waals surface area contributed by atoms with Crippen LogP contribution >= 0.6 is 12.4 Å². The molecule has 0 spiro atoms. The molecule has 0 saturated heterocycles. The molecule has 3 aromatic heterocycles. The molecule has 132 valence electrons. The zero-order valence-electron chi connectivity index (χ0n) is 13.8. The molecule has 3 aromatic rings. The minimum Gasteiger partial charge on any atom is -0.334 e. The predicted molar refractivity (Wildman–Crippen MR) is 93.6 cm³/mol. The summed E-state index contributed by atoms with van der Waals surface area (Å²) in [6, 6.07) is 1.91. The fourth-order valence-electron chi connectivity index (χ4n) is 3.35. The number of H-pyrrole nitrogens is 1. The number of aryl methyl sites for hydroxylation is 1. The Bertz CT molecular complexity index is 1010. The normalized spacial score (nSPS) is 18.8. The molecule has 0 radical (unpaired) electrons. The van der Waals surface area contributed by atoms with Crippen LogP contribution in [0.25, 0.3) is 22.5 Å². The third-order valence-electron chi connectivity index (χ3n) is 5.18. The Morgan fingerprint density at radius 3 is 2.76 bits per heavy atom. The summed E-state index contributed by atoms with van der Waals surface area (Å²) in [4.78, 5) is 21.5. The summed E-state index contributed by atoms with van der Waals surface area (Å²) in [5.41, 5.74) is 7.82. The highest BCUT2D eigenvalue weighted by Crippen LogP contribution is 2.42. The summed E-state index contributed by atoms with van der Waals surface area (Å²) in [7, 11) is 1.78. The van der Waals surface area contributed by atoms with Gasteiger partial charge in [-0.15, -0.1) is 12.4 Å². The van der Waals surface area contributed by atoms with E-state index in [1.54, 1.807) is 11.7 Å². The van der Waals surface area contributed by atoms with Gasteiger partial charge in [0.1, 0.15) is 0 Å². The minimum atomic E-state index is -0.490. The van der Waals surface area contributed by atoms with Gasteiger partial charge in [-0.05, 0) is 38.2 Å². The van der Waals surface area contributed by atoms with Gasteiger partial charge in [-0.25, -0.2) is 4.98 Å². The van der Waals surface area contributed by atoms with E-state index in [9.17, 15) is 4.79 Å². The van der Waals surface area contributed by atoms with E-state index in [1.165, 1.54) is 0 Å². The smallest absolute Gasteiger partial charge is 0.274 e. The van der Waals surface area contributed by atoms with E-state index in [0.717, 1.165) is 37.8 Å². The molecular formula is C16H19ClN6O2. The largest absolute Gasteiger partial charge is 0.334 e. The maximum absolute atomic E-state index is 12.3. The van der Waals surface area contributed by atoms with Crippen molar-refractivity contribution in [2.45, 2.75) is 43.6 Å². The summed E-state index contributed by atoms with van der Waals surface area (Å²) >= 11 is 0. The number of hydrogen-bond donors (Lipinski definition) is 2. The number of fused-ring (bicyclic) bond motifs is 1. The van der Waals surface area contributed by atoms with E-state index in [-0.39, 0.29) is 18.0 Å². The van der Waals surface area contributed by atoms with Crippen molar-refractivity contribution in [1.82, 2.24) is 24.9 Å². The fraction of sp³-hybridized carbons (Fsp3) is 0.500. The first-order valence-corrected chi connectivity index (χ1v) is 8.28. The lowest BCUT2D eigenvalue weighted by molar-refractivity contribution is 0.229. The average molecular weight is 363 g/mol. The van der Waals surface area contributed by atoms with Gasteiger partial charge in [-0.2, -0.15) is 4.98 Å². The second-order valence-corrected chi connectivity index (χ2v) is 7.00. The van der Waals surface area contributed by atoms with Crippen LogP contribution in [0.15, 0.2) is 15.4 Å². The molecule has 2 fully saturated rings. The predicted octanol–water partition coefficient (Wildman–Crippen LogP) is 1.95. The summed E-state index contributed by atoms with van der Waals surface area (Å²) in [5, 5.41) is 7.31. The molecular weight excluding hydrogens is 344 g/mol. The van der Waals surface area contributed by atoms with Crippen LogP contribution in [0.1, 0.15) is 49.5 Å². The van der Waals surface area contributed by atoms with Gasteiger partial charge in [0.15, 0.2) is 11.5 Å². The van der Waals surface area contributed by atoms with E-state index in [1.807, 2.05) is 6.07 Å². The zero-order valence-corrected chi connectivity index (χ0v) is 14.6. The van der Waals surface area contributed by atoms with Gasteiger partial charge in [0.2, 0.25) is 0 Å². The molecule has 0 aliphatic heterocycles. The van der Waals surface area contributed by atoms with Gasteiger partial charge in [-0.1, -0.05) is 5.16 Å². The second kappa shape index (κ2) is 5.40. The number of aromatic amines is 1. The third kappa shape index (κ3) is 2.39. The number of halogens is 1. The Labute approximate surface area is 149 Å². The summed E-state index contributed by atoms with van der Waals surface area (Å²) in [5.74, 6) is 1.31. The Kier molecular flexibility index (Phi) is 3.52. The number of rotatable bonds is 3. The third-order valence-corrected chi connectivity index (χ3v) is 5.18. The number of nitrogens with two attached hydrogens (primary N) is 1. The molecule has 0 atom stereocenters. The quantitative estimate of drug-likeness (QED) is 0.735. The van der Waals surface area contributed by atoms with Crippen LogP contribution in [0.4, 0.5) is 0 Å². The first-order valence-electron chi connectivity index (χ1n) is 8.28. The minimum absolute atomic E-state index is 0. The summed E-state index contributed by atoms with van der Waals surface area (Å²) < 4.78 is 7.11. The van der Waals surface area contributed by atoms with Crippen LogP contribution in [0.2, 0.25) is 0 Å². The second-order valence-electron chi connectivity index (χ2n) is 7.00. The summed E-state index contributed by atoms with van der Waals surface area (Å²) in [6.07, 6.45) is 5.03. The van der Waals surface area contributed by atoms with E-state index >= 15 is 0 Å². The van der Waals surface area contributed by atoms with E-state index in [2.05, 4.69) is 20.2 Å². The van der Waals surface area contributed by atoms with Crippen molar-refractivity contribution in [3.8, 4) is 11.5 Å². The molecule has 3 heterocycles. The monoisotopic (exact) mass is 362 g/mol. The number of nitrogens with one attached hydrogen (secondary N) is 1. The first-order chi connectivity index (χ1) is 11.5. The van der Waals surface area contributed by atoms with Gasteiger partial charge < -0.3 is 10.3 Å². The molecule has 0 aromatic carbocycles. The number of nitrogens with zero attached hydrogens (tertiary/aromatic N) is 4. The van der Waals surface area contributed by atoms with Gasteiger partial charge in [0.25, 0.3) is 11.4 Å². The van der Waals surface area contributed by atoms with Gasteiger partial charge in [0.05, 0.1) is 16.5 Å². The van der Waals surface area contributed by atoms with Crippen molar-refractivity contribution in [2.75, 3.05) is 0 Å². The molecule has 2 aliphatic rings. The van der Waals surface area contributed by atoms with Crippen LogP contribution in [-0.4, -0.2) is 24.9 Å². The summed E-state index contributed by atoms with van der Waals surface area (Å²) in [6.45, 7) is 0. The van der Waals surface area contributed by atoms with Crippen LogP contribution < -0.4 is 11.3 Å². The van der Waals surface area contributed by atoms with Crippen molar-refractivity contribution in [2.24, 2.45) is 12.8 Å². The fourth-order valence-corrected chi connectivity index (χ4v) is 3.35. The lowest BCUT2D eigenvalue weighted by atomic mass is 9.77. The number of pyridine rings is 1. The average Bonchev–Trinajstić information content (AvgIpc) is 3.20. The van der Waals surface area contributed by atoms with Crippen LogP contribution in [0, 0.1) is 0 Å². The topological polar surface area (TPSA) is 116 Å². The van der Waals surface area contributed by atoms with Gasteiger partial charge in [0, 0.05) is 18.7 Å². The van der Waals surface area contributed by atoms with Crippen molar-refractivity contribution in [1.29, 1.82) is 0 Å². The molecule has 0 bridgehead atoms. The van der Waals surface area contributed by atoms with Gasteiger partial charge >= 0.3 is 0 Å². The van der Waals surface area contributed by atoms with Crippen LogP contribution in [0.5, 0.6) is 0 Å². The Balaban J connectivity index is 0.00000157. The first kappa shape index (κ1) is 16.3. The standard InChI is InChI=1S/C16H18N6O2.ClH/c1-22-12-11(13(23)20-22)9(7-10(18-12)8-3-4-8)14-19-15(21-24-14)16(17)5-2-6-16;/h7-8H,2-6,17H2,1H3,(H,20,23);1H. The number of hydrogen-bond acceptors (Lipinski definition) is 6. The van der Waals surface area contributed by atoms with Crippen molar-refractivity contribution in [3.63, 3.8) is 0 Å². The highest BCUT2D eigenvalue weighted by molar-refractivity contribution is 5.90. The number of aromatic nitrogens is 5. The lowest BCUT2D eigenvalue weighted by Crippen LogP contribution is -2.44. The molecule has 8 nitrogen and oxygen atoms in total. The maximum atomic E-state index is 12.3. The highest BCUT2D eigenvalue weighted by Gasteiger charge is 2.39. The molecule has 2 aliphatic carbocycles. The van der Waals surface area contributed by atoms with Crippen molar-refractivity contribution >= 4 is 23.4 Å². The van der Waals surface area contributed by atoms with Crippen molar-refractivity contribution < 1.29 is 4.52 Å². The van der Waals surface area contributed by atoms with E-state index in [4.69, 9.17) is 10.3 Å². The van der Waals surface area contributed by atoms with Crippen LogP contribution in [0.3, 0.4) is 0 Å².